The second-order valence-electron chi connectivity index (χ2n) is 9.02. The number of hydrogen-bond donors (Lipinski definition) is 1. The lowest BCUT2D eigenvalue weighted by Crippen LogP contribution is -2.37. The minimum atomic E-state index is -3.69. The van der Waals surface area contributed by atoms with E-state index < -0.39 is 10.0 Å². The van der Waals surface area contributed by atoms with Crippen LogP contribution in [-0.4, -0.2) is 48.2 Å². The van der Waals surface area contributed by atoms with Crippen LogP contribution in [0, 0.1) is 11.3 Å². The molecule has 8 heteroatoms. The first-order valence-electron chi connectivity index (χ1n) is 11.9. The molecule has 2 aromatic carbocycles. The van der Waals surface area contributed by atoms with Gasteiger partial charge in [0.2, 0.25) is 10.0 Å². The topological polar surface area (TPSA) is 95.6 Å². The first-order chi connectivity index (χ1) is 16.5. The molecular formula is C26H29N3O4S. The highest BCUT2D eigenvalue weighted by Crippen LogP contribution is 2.43. The molecule has 1 saturated heterocycles. The average molecular weight is 480 g/mol. The van der Waals surface area contributed by atoms with Crippen LogP contribution < -0.4 is 4.74 Å². The molecule has 178 valence electrons. The summed E-state index contributed by atoms with van der Waals surface area (Å²) in [6.45, 7) is 2.76. The number of nitrogens with zero attached hydrogens (tertiary/aromatic N) is 3. The minimum absolute atomic E-state index is 0.173. The number of aromatic nitrogens is 1. The highest BCUT2D eigenvalue weighted by molar-refractivity contribution is 7.89. The van der Waals surface area contributed by atoms with Gasteiger partial charge in [0.15, 0.2) is 0 Å². The summed E-state index contributed by atoms with van der Waals surface area (Å²) in [5.74, 6) is 0.773. The largest absolute Gasteiger partial charge is 0.494 e. The number of benzene rings is 2. The molecule has 1 saturated carbocycles. The molecule has 2 aliphatic rings. The van der Waals surface area contributed by atoms with E-state index in [2.05, 4.69) is 10.6 Å². The quantitative estimate of drug-likeness (QED) is 0.540. The van der Waals surface area contributed by atoms with Crippen molar-refractivity contribution in [3.63, 3.8) is 0 Å². The molecule has 0 bridgehead atoms. The molecule has 1 N–H and O–H groups in total. The van der Waals surface area contributed by atoms with Gasteiger partial charge in [0.05, 0.1) is 34.9 Å². The van der Waals surface area contributed by atoms with Crippen molar-refractivity contribution >= 4 is 20.9 Å². The normalized spacial score (nSPS) is 19.3. The third-order valence-corrected chi connectivity index (χ3v) is 9.07. The second kappa shape index (κ2) is 9.06. The maximum Gasteiger partial charge on any atom is 0.243 e. The molecule has 2 fully saturated rings. The Labute approximate surface area is 200 Å². The van der Waals surface area contributed by atoms with E-state index in [1.165, 1.54) is 4.31 Å². The van der Waals surface area contributed by atoms with Crippen molar-refractivity contribution in [2.24, 2.45) is 0 Å². The van der Waals surface area contributed by atoms with Gasteiger partial charge in [-0.1, -0.05) is 12.1 Å². The third-order valence-electron chi connectivity index (χ3n) is 7.11. The Balaban J connectivity index is 1.61. The van der Waals surface area contributed by atoms with Crippen LogP contribution in [0.4, 0.5) is 0 Å². The van der Waals surface area contributed by atoms with E-state index in [0.717, 1.165) is 53.6 Å². The molecule has 0 unspecified atom stereocenters. The summed E-state index contributed by atoms with van der Waals surface area (Å²) in [4.78, 5) is 0.208. The van der Waals surface area contributed by atoms with E-state index in [-0.39, 0.29) is 17.5 Å². The van der Waals surface area contributed by atoms with Crippen molar-refractivity contribution in [1.29, 1.82) is 5.26 Å². The molecular weight excluding hydrogens is 450 g/mol. The van der Waals surface area contributed by atoms with Crippen molar-refractivity contribution in [3.8, 4) is 23.1 Å². The fourth-order valence-corrected chi connectivity index (χ4v) is 6.88. The van der Waals surface area contributed by atoms with Gasteiger partial charge in [0.25, 0.3) is 0 Å². The van der Waals surface area contributed by atoms with Crippen molar-refractivity contribution < 1.29 is 18.3 Å². The van der Waals surface area contributed by atoms with Crippen molar-refractivity contribution in [1.82, 2.24) is 8.87 Å². The number of rotatable bonds is 7. The Morgan fingerprint density at radius 1 is 1.12 bits per heavy atom. The zero-order valence-electron chi connectivity index (χ0n) is 19.3. The molecule has 1 aliphatic heterocycles. The van der Waals surface area contributed by atoms with Gasteiger partial charge in [0.1, 0.15) is 11.8 Å². The molecule has 1 atom stereocenters. The molecule has 2 heterocycles. The number of nitriles is 1. The van der Waals surface area contributed by atoms with Gasteiger partial charge in [-0.05, 0) is 68.9 Å². The Kier molecular flexibility index (Phi) is 6.11. The Bertz CT molecular complexity index is 1350. The molecule has 34 heavy (non-hydrogen) atoms. The van der Waals surface area contributed by atoms with Crippen LogP contribution in [0.5, 0.6) is 5.75 Å². The van der Waals surface area contributed by atoms with Gasteiger partial charge in [-0.3, -0.25) is 0 Å². The molecule has 0 radical (unpaired) electrons. The average Bonchev–Trinajstić information content (AvgIpc) is 3.42. The van der Waals surface area contributed by atoms with Gasteiger partial charge >= 0.3 is 0 Å². The van der Waals surface area contributed by atoms with Crippen LogP contribution in [0.25, 0.3) is 22.2 Å². The first-order valence-corrected chi connectivity index (χ1v) is 13.4. The lowest BCUT2D eigenvalue weighted by atomic mass is 9.92. The SMILES string of the molecule is CCOc1ccc2c(C#N)c(-c3ccc(S(=O)(=O)N4CCC[C@H]4CO)cc3)n(C3CCC3)c2c1. The maximum absolute atomic E-state index is 13.2. The Morgan fingerprint density at radius 2 is 1.88 bits per heavy atom. The fraction of sp³-hybridized carbons (Fsp3) is 0.423. The predicted molar refractivity (Wildman–Crippen MR) is 130 cm³/mol. The van der Waals surface area contributed by atoms with Crippen molar-refractivity contribution in [2.75, 3.05) is 19.8 Å². The second-order valence-corrected chi connectivity index (χ2v) is 10.9. The summed E-state index contributed by atoms with van der Waals surface area (Å²) in [6, 6.07) is 15.0. The highest BCUT2D eigenvalue weighted by Gasteiger charge is 2.35. The van der Waals surface area contributed by atoms with Crippen molar-refractivity contribution in [3.05, 3.63) is 48.0 Å². The van der Waals surface area contributed by atoms with E-state index in [1.54, 1.807) is 24.3 Å². The fourth-order valence-electron chi connectivity index (χ4n) is 5.20. The predicted octanol–water partition coefficient (Wildman–Crippen LogP) is 4.45. The number of hydrogen-bond acceptors (Lipinski definition) is 5. The van der Waals surface area contributed by atoms with E-state index in [0.29, 0.717) is 31.2 Å². The zero-order valence-corrected chi connectivity index (χ0v) is 20.1. The number of aliphatic hydroxyl groups excluding tert-OH is 1. The Morgan fingerprint density at radius 3 is 2.50 bits per heavy atom. The van der Waals surface area contributed by atoms with Gasteiger partial charge in [-0.2, -0.15) is 9.57 Å². The Hall–Kier alpha value is -2.86. The zero-order chi connectivity index (χ0) is 23.9. The summed E-state index contributed by atoms with van der Waals surface area (Å²) >= 11 is 0. The van der Waals surface area contributed by atoms with Gasteiger partial charge in [-0.25, -0.2) is 8.42 Å². The molecule has 5 rings (SSSR count). The van der Waals surface area contributed by atoms with Gasteiger partial charge in [-0.15, -0.1) is 0 Å². The van der Waals surface area contributed by atoms with Crippen LogP contribution >= 0.6 is 0 Å². The van der Waals surface area contributed by atoms with Crippen LogP contribution in [0.1, 0.15) is 50.6 Å². The van der Waals surface area contributed by atoms with Gasteiger partial charge in [0, 0.05) is 30.1 Å². The summed E-state index contributed by atoms with van der Waals surface area (Å²) in [5, 5.41) is 20.6. The molecule has 0 amide bonds. The van der Waals surface area contributed by atoms with Crippen molar-refractivity contribution in [2.45, 2.75) is 56.0 Å². The van der Waals surface area contributed by atoms with E-state index in [9.17, 15) is 18.8 Å². The minimum Gasteiger partial charge on any atom is -0.494 e. The van der Waals surface area contributed by atoms with E-state index in [4.69, 9.17) is 4.74 Å². The summed E-state index contributed by atoms with van der Waals surface area (Å²) in [7, 11) is -3.69. The van der Waals surface area contributed by atoms with E-state index >= 15 is 0 Å². The monoisotopic (exact) mass is 479 g/mol. The van der Waals surface area contributed by atoms with Crippen LogP contribution in [0.3, 0.4) is 0 Å². The summed E-state index contributed by atoms with van der Waals surface area (Å²) in [6.07, 6.45) is 4.66. The lowest BCUT2D eigenvalue weighted by Gasteiger charge is -2.30. The number of ether oxygens (including phenoxy) is 1. The molecule has 0 spiro atoms. The third kappa shape index (κ3) is 3.68. The molecule has 1 aliphatic carbocycles. The first kappa shape index (κ1) is 22.9. The van der Waals surface area contributed by atoms with Crippen LogP contribution in [0.15, 0.2) is 47.4 Å². The summed E-state index contributed by atoms with van der Waals surface area (Å²) in [5.41, 5.74) is 3.22. The number of fused-ring (bicyclic) bond motifs is 1. The number of aliphatic hydroxyl groups is 1. The lowest BCUT2D eigenvalue weighted by molar-refractivity contribution is 0.213. The maximum atomic E-state index is 13.2. The number of sulfonamides is 1. The van der Waals surface area contributed by atoms with Crippen LogP contribution in [-0.2, 0) is 10.0 Å². The molecule has 3 aromatic rings. The standard InChI is InChI=1S/C26H29N3O4S/c1-2-33-21-10-13-23-24(16-27)26(29(25(23)15-21)19-5-3-6-19)18-8-11-22(12-9-18)34(31,32)28-14-4-7-20(28)17-30/h8-13,15,19-20,30H,2-7,14,17H2,1H3/t20-/m0/s1. The molecule has 1 aromatic heterocycles. The van der Waals surface area contributed by atoms with E-state index in [1.807, 2.05) is 25.1 Å². The van der Waals surface area contributed by atoms with Crippen LogP contribution in [0.2, 0.25) is 0 Å². The molecule has 7 nitrogen and oxygen atoms in total. The highest BCUT2D eigenvalue weighted by atomic mass is 32.2. The smallest absolute Gasteiger partial charge is 0.243 e. The van der Waals surface area contributed by atoms with Gasteiger partial charge < -0.3 is 14.4 Å². The summed E-state index contributed by atoms with van der Waals surface area (Å²) < 4.78 is 35.7.